The molecule has 35 heavy (non-hydrogen) atoms. The number of aromatic nitrogens is 5. The van der Waals surface area contributed by atoms with Crippen molar-refractivity contribution >= 4 is 11.7 Å². The third-order valence-corrected chi connectivity index (χ3v) is 5.88. The highest BCUT2D eigenvalue weighted by atomic mass is 16.5. The molecule has 1 aliphatic heterocycles. The van der Waals surface area contributed by atoms with Crippen LogP contribution in [-0.4, -0.2) is 44.1 Å². The van der Waals surface area contributed by atoms with Crippen LogP contribution in [-0.2, 0) is 4.79 Å². The lowest BCUT2D eigenvalue weighted by Crippen LogP contribution is -2.25. The summed E-state index contributed by atoms with van der Waals surface area (Å²) in [7, 11) is 1.62. The van der Waals surface area contributed by atoms with E-state index in [2.05, 4.69) is 20.5 Å². The topological polar surface area (TPSA) is 104 Å². The summed E-state index contributed by atoms with van der Waals surface area (Å²) in [6.07, 6.45) is 1.90. The van der Waals surface area contributed by atoms with Crippen molar-refractivity contribution in [3.8, 4) is 28.7 Å². The minimum absolute atomic E-state index is 0.0111. The van der Waals surface area contributed by atoms with E-state index in [1.807, 2.05) is 69.3 Å². The van der Waals surface area contributed by atoms with Gasteiger partial charge in [-0.05, 0) is 51.1 Å². The fourth-order valence-corrected chi connectivity index (χ4v) is 4.37. The average molecular weight is 471 g/mol. The average Bonchev–Trinajstić information content (AvgIpc) is 3.19. The number of para-hydroxylation sites is 1. The molecule has 0 bridgehead atoms. The predicted octanol–water partition coefficient (Wildman–Crippen LogP) is 4.30. The molecule has 178 valence electrons. The Labute approximate surface area is 203 Å². The van der Waals surface area contributed by atoms with Crippen molar-refractivity contribution < 1.29 is 14.3 Å². The van der Waals surface area contributed by atoms with E-state index in [1.165, 1.54) is 0 Å². The number of nitrogens with one attached hydrogen (secondary N) is 1. The Morgan fingerprint density at radius 3 is 2.63 bits per heavy atom. The molecule has 0 saturated carbocycles. The normalized spacial score (nSPS) is 15.0. The number of ether oxygens (including phenoxy) is 2. The van der Waals surface area contributed by atoms with Crippen molar-refractivity contribution in [2.45, 2.75) is 39.2 Å². The number of nitrogens with zero attached hydrogens (tertiary/aromatic N) is 5. The van der Waals surface area contributed by atoms with Gasteiger partial charge in [-0.2, -0.15) is 14.9 Å². The molecule has 2 aromatic heterocycles. The quantitative estimate of drug-likeness (QED) is 0.448. The van der Waals surface area contributed by atoms with Gasteiger partial charge in [-0.1, -0.05) is 18.2 Å². The molecule has 0 radical (unpaired) electrons. The van der Waals surface area contributed by atoms with Crippen LogP contribution in [0.3, 0.4) is 0 Å². The van der Waals surface area contributed by atoms with Crippen LogP contribution in [0, 0.1) is 6.92 Å². The highest BCUT2D eigenvalue weighted by Crippen LogP contribution is 2.43. The molecule has 5 rings (SSSR count). The molecule has 1 N–H and O–H groups in total. The number of aryl methyl sites for hydroxylation is 1. The van der Waals surface area contributed by atoms with Crippen LogP contribution in [0.25, 0.3) is 17.2 Å². The third-order valence-electron chi connectivity index (χ3n) is 5.88. The van der Waals surface area contributed by atoms with Crippen LogP contribution < -0.4 is 14.8 Å². The first-order valence-electron chi connectivity index (χ1n) is 11.4. The van der Waals surface area contributed by atoms with E-state index >= 15 is 0 Å². The highest BCUT2D eigenvalue weighted by Gasteiger charge is 2.34. The molecule has 1 unspecified atom stereocenters. The van der Waals surface area contributed by atoms with Gasteiger partial charge in [0.05, 0.1) is 30.8 Å². The number of fused-ring (bicyclic) bond motifs is 1. The van der Waals surface area contributed by atoms with E-state index in [9.17, 15) is 4.79 Å². The molecule has 4 aromatic rings. The summed E-state index contributed by atoms with van der Waals surface area (Å²) in [5.74, 6) is 2.03. The maximum atomic E-state index is 12.8. The van der Waals surface area contributed by atoms with Gasteiger partial charge in [-0.3, -0.25) is 4.79 Å². The van der Waals surface area contributed by atoms with E-state index in [0.717, 1.165) is 33.9 Å². The zero-order chi connectivity index (χ0) is 24.5. The highest BCUT2D eigenvalue weighted by molar-refractivity contribution is 5.95. The Hall–Kier alpha value is -4.27. The first-order valence-corrected chi connectivity index (χ1v) is 11.4. The second kappa shape index (κ2) is 9.17. The second-order valence-corrected chi connectivity index (χ2v) is 8.64. The number of hydrogen-bond donors (Lipinski definition) is 1. The molecule has 0 aliphatic carbocycles. The Morgan fingerprint density at radius 2 is 1.89 bits per heavy atom. The Balaban J connectivity index is 1.58. The molecule has 2 aromatic carbocycles. The summed E-state index contributed by atoms with van der Waals surface area (Å²) in [5.41, 5.74) is 4.15. The molecule has 1 amide bonds. The van der Waals surface area contributed by atoms with E-state index < -0.39 is 0 Å². The summed E-state index contributed by atoms with van der Waals surface area (Å²) < 4.78 is 12.9. The first-order chi connectivity index (χ1) is 16.9. The van der Waals surface area contributed by atoms with Crippen LogP contribution in [0.1, 0.15) is 43.0 Å². The number of rotatable bonds is 6. The van der Waals surface area contributed by atoms with E-state index in [1.54, 1.807) is 18.0 Å². The lowest BCUT2D eigenvalue weighted by atomic mass is 9.85. The third kappa shape index (κ3) is 4.32. The summed E-state index contributed by atoms with van der Waals surface area (Å²) in [6.45, 7) is 5.89. The maximum Gasteiger partial charge on any atom is 0.272 e. The molecule has 1 atom stereocenters. The molecule has 9 nitrogen and oxygen atoms in total. The standard InChI is InChI=1S/C26H26N6O3/c1-15(2)35-22-8-6-5-7-19(22)20-13-23(33)29-25-24(20)16(3)31-32(25)26-28-21(14-27-30-26)17-9-11-18(34-4)12-10-17/h5-12,14-15,20H,13H2,1-4H3,(H,29,33). The van der Waals surface area contributed by atoms with Crippen LogP contribution in [0.5, 0.6) is 11.5 Å². The number of benzene rings is 2. The molecule has 3 heterocycles. The number of amides is 1. The van der Waals surface area contributed by atoms with Crippen molar-refractivity contribution in [2.24, 2.45) is 0 Å². The van der Waals surface area contributed by atoms with E-state index in [-0.39, 0.29) is 23.9 Å². The Morgan fingerprint density at radius 1 is 1.11 bits per heavy atom. The van der Waals surface area contributed by atoms with Gasteiger partial charge in [-0.15, -0.1) is 5.10 Å². The predicted molar refractivity (Wildman–Crippen MR) is 131 cm³/mol. The fraction of sp³-hybridized carbons (Fsp3) is 0.269. The molecule has 0 fully saturated rings. The van der Waals surface area contributed by atoms with Crippen LogP contribution >= 0.6 is 0 Å². The molecular formula is C26H26N6O3. The second-order valence-electron chi connectivity index (χ2n) is 8.64. The summed E-state index contributed by atoms with van der Waals surface area (Å²) in [6, 6.07) is 15.4. The zero-order valence-corrected chi connectivity index (χ0v) is 20.0. The Bertz CT molecular complexity index is 1380. The van der Waals surface area contributed by atoms with Crippen molar-refractivity contribution in [3.05, 3.63) is 71.5 Å². The maximum absolute atomic E-state index is 12.8. The number of methoxy groups -OCH3 is 1. The van der Waals surface area contributed by atoms with Gasteiger partial charge in [0, 0.05) is 29.0 Å². The molecule has 0 saturated heterocycles. The molecule has 0 spiro atoms. The molecule has 1 aliphatic rings. The number of anilines is 1. The van der Waals surface area contributed by atoms with E-state index in [0.29, 0.717) is 17.9 Å². The fourth-order valence-electron chi connectivity index (χ4n) is 4.37. The van der Waals surface area contributed by atoms with Crippen molar-refractivity contribution in [1.29, 1.82) is 0 Å². The van der Waals surface area contributed by atoms with Crippen LogP contribution in [0.4, 0.5) is 5.82 Å². The van der Waals surface area contributed by atoms with Gasteiger partial charge in [0.15, 0.2) is 0 Å². The van der Waals surface area contributed by atoms with Crippen molar-refractivity contribution in [2.75, 3.05) is 12.4 Å². The molecule has 9 heteroatoms. The van der Waals surface area contributed by atoms with Gasteiger partial charge in [-0.25, -0.2) is 4.98 Å². The largest absolute Gasteiger partial charge is 0.497 e. The lowest BCUT2D eigenvalue weighted by Gasteiger charge is -2.26. The van der Waals surface area contributed by atoms with Crippen molar-refractivity contribution in [1.82, 2.24) is 25.0 Å². The minimum Gasteiger partial charge on any atom is -0.497 e. The van der Waals surface area contributed by atoms with Gasteiger partial charge in [0.2, 0.25) is 5.91 Å². The number of carbonyl (C=O) groups is 1. The van der Waals surface area contributed by atoms with Gasteiger partial charge < -0.3 is 14.8 Å². The van der Waals surface area contributed by atoms with E-state index in [4.69, 9.17) is 14.6 Å². The number of carbonyl (C=O) groups excluding carboxylic acids is 1. The summed E-state index contributed by atoms with van der Waals surface area (Å²) in [5, 5.41) is 16.0. The molecular weight excluding hydrogens is 444 g/mol. The minimum atomic E-state index is -0.208. The van der Waals surface area contributed by atoms with Gasteiger partial charge in [0.1, 0.15) is 17.3 Å². The Kier molecular flexibility index (Phi) is 5.90. The SMILES string of the molecule is COc1ccc(-c2cnnc(-n3nc(C)c4c3NC(=O)CC4c3ccccc3OC(C)C)n2)cc1. The van der Waals surface area contributed by atoms with Crippen LogP contribution in [0.2, 0.25) is 0 Å². The zero-order valence-electron chi connectivity index (χ0n) is 20.0. The van der Waals surface area contributed by atoms with Crippen LogP contribution in [0.15, 0.2) is 54.7 Å². The van der Waals surface area contributed by atoms with Gasteiger partial charge >= 0.3 is 0 Å². The summed E-state index contributed by atoms with van der Waals surface area (Å²) in [4.78, 5) is 17.5. The smallest absolute Gasteiger partial charge is 0.272 e. The monoisotopic (exact) mass is 470 g/mol. The summed E-state index contributed by atoms with van der Waals surface area (Å²) >= 11 is 0. The first kappa shape index (κ1) is 22.5. The van der Waals surface area contributed by atoms with Crippen molar-refractivity contribution in [3.63, 3.8) is 0 Å². The number of hydrogen-bond acceptors (Lipinski definition) is 7. The lowest BCUT2D eigenvalue weighted by molar-refractivity contribution is -0.116. The van der Waals surface area contributed by atoms with Gasteiger partial charge in [0.25, 0.3) is 5.95 Å².